The molecule has 276 valence electrons. The van der Waals surface area contributed by atoms with Crippen molar-refractivity contribution in [2.75, 3.05) is 4.90 Å². The van der Waals surface area contributed by atoms with Gasteiger partial charge in [0.25, 0.3) is 0 Å². The maximum Gasteiger partial charge on any atom is 0.0719 e. The molecule has 2 nitrogen and oxygen atoms in total. The first-order chi connectivity index (χ1) is 32.2. The Morgan fingerprint density at radius 1 is 0.407 bits per heavy atom. The van der Waals surface area contributed by atoms with E-state index in [1.54, 1.807) is 0 Å². The van der Waals surface area contributed by atoms with E-state index in [1.807, 2.05) is 72.8 Å². The Bertz CT molecular complexity index is 3800. The lowest BCUT2D eigenvalue weighted by Gasteiger charge is -2.35. The van der Waals surface area contributed by atoms with Crippen LogP contribution in [0.1, 0.15) is 31.8 Å². The molecule has 0 aliphatic heterocycles. The number of anilines is 3. The van der Waals surface area contributed by atoms with Gasteiger partial charge in [-0.25, -0.2) is 0 Å². The molecule has 0 fully saturated rings. The van der Waals surface area contributed by atoms with Gasteiger partial charge in [0.05, 0.1) is 31.7 Å². The van der Waals surface area contributed by atoms with Crippen molar-refractivity contribution in [1.82, 2.24) is 4.57 Å². The summed E-state index contributed by atoms with van der Waals surface area (Å²) in [4.78, 5) is 2.26. The molecule has 10 aromatic carbocycles. The van der Waals surface area contributed by atoms with Crippen LogP contribution in [0.3, 0.4) is 0 Å². The van der Waals surface area contributed by atoms with E-state index in [0.717, 1.165) is 83.1 Å². The van der Waals surface area contributed by atoms with Gasteiger partial charge in [-0.2, -0.15) is 0 Å². The van der Waals surface area contributed by atoms with E-state index in [0.29, 0.717) is 0 Å². The van der Waals surface area contributed by atoms with Crippen LogP contribution in [0, 0.1) is 0 Å². The van der Waals surface area contributed by atoms with E-state index in [2.05, 4.69) is 125 Å². The van der Waals surface area contributed by atoms with Gasteiger partial charge in [0.15, 0.2) is 0 Å². The summed E-state index contributed by atoms with van der Waals surface area (Å²) >= 11 is 0. The fourth-order valence-corrected chi connectivity index (χ4v) is 9.70. The molecule has 2 heteroatoms. The van der Waals surface area contributed by atoms with Crippen molar-refractivity contribution in [2.24, 2.45) is 0 Å². The summed E-state index contributed by atoms with van der Waals surface area (Å²) in [5.41, 5.74) is 8.82. The molecule has 0 spiro atoms. The van der Waals surface area contributed by atoms with E-state index in [9.17, 15) is 6.85 Å². The zero-order valence-electron chi connectivity index (χ0n) is 38.8. The first-order valence-corrected chi connectivity index (χ1v) is 19.9. The molecule has 0 radical (unpaired) electrons. The predicted octanol–water partition coefficient (Wildman–Crippen LogP) is 14.9. The highest BCUT2D eigenvalue weighted by Crippen LogP contribution is 2.59. The second-order valence-corrected chi connectivity index (χ2v) is 15.1. The Morgan fingerprint density at radius 2 is 1.10 bits per heavy atom. The zero-order chi connectivity index (χ0) is 45.0. The lowest BCUT2D eigenvalue weighted by atomic mass is 9.66. The van der Waals surface area contributed by atoms with Crippen molar-refractivity contribution >= 4 is 60.4 Å². The summed E-state index contributed by atoms with van der Waals surface area (Å²) in [7, 11) is 0. The van der Waals surface area contributed by atoms with Crippen LogP contribution < -0.4 is 4.90 Å². The van der Waals surface area contributed by atoms with Gasteiger partial charge in [0.1, 0.15) is 0 Å². The Hall–Kier alpha value is -7.68. The molecule has 11 aromatic rings. The number of rotatable bonds is 6. The van der Waals surface area contributed by atoms with Crippen LogP contribution in [0.15, 0.2) is 230 Å². The van der Waals surface area contributed by atoms with Gasteiger partial charge in [-0.05, 0) is 110 Å². The molecular weight excluding hydrogens is 713 g/mol. The van der Waals surface area contributed by atoms with Gasteiger partial charge in [-0.15, -0.1) is 0 Å². The monoisotopic (exact) mass is 757 g/mol. The lowest BCUT2D eigenvalue weighted by Crippen LogP contribution is -2.29. The van der Waals surface area contributed by atoms with E-state index >= 15 is 0 Å². The van der Waals surface area contributed by atoms with E-state index in [-0.39, 0.29) is 28.4 Å². The van der Waals surface area contributed by atoms with Crippen molar-refractivity contribution in [2.45, 2.75) is 5.41 Å². The Balaban J connectivity index is 1.24. The van der Waals surface area contributed by atoms with E-state index in [4.69, 9.17) is 2.74 Å². The minimum atomic E-state index is -1.40. The van der Waals surface area contributed by atoms with E-state index < -0.39 is 35.6 Å². The van der Waals surface area contributed by atoms with Gasteiger partial charge in [-0.3, -0.25) is 0 Å². The summed E-state index contributed by atoms with van der Waals surface area (Å²) in [5, 5.41) is 4.15. The molecule has 1 aliphatic carbocycles. The molecule has 1 aromatic heterocycles. The molecule has 0 bridgehead atoms. The highest BCUT2D eigenvalue weighted by Gasteiger charge is 2.47. The second kappa shape index (κ2) is 13.2. The van der Waals surface area contributed by atoms with Gasteiger partial charge in [-0.1, -0.05) is 170 Å². The topological polar surface area (TPSA) is 8.17 Å². The van der Waals surface area contributed by atoms with Gasteiger partial charge < -0.3 is 9.47 Å². The van der Waals surface area contributed by atoms with Gasteiger partial charge >= 0.3 is 0 Å². The first-order valence-electron chi connectivity index (χ1n) is 23.4. The van der Waals surface area contributed by atoms with Gasteiger partial charge in [0.2, 0.25) is 0 Å². The standard InChI is InChI=1S/C57H38N2/c1-3-21-42(22-4-1)58(54-32-16-20-40-18-8-10-26-46(40)54)44-34-35-53-49(38-44)47-27-11-13-29-52(47)57(53,51-30-15-19-39-17-7-9-25-45(39)51)41-33-36-56-50(37-41)48-28-12-14-31-55(48)59(56)43-23-5-2-6-24-43/h1-38H/i7D,9D,15D,17D,19D,25D,30D. The maximum atomic E-state index is 9.98. The Morgan fingerprint density at radius 3 is 2.00 bits per heavy atom. The third-order valence-electron chi connectivity index (χ3n) is 12.1. The smallest absolute Gasteiger partial charge is 0.0719 e. The molecule has 0 saturated carbocycles. The van der Waals surface area contributed by atoms with Crippen LogP contribution in [0.5, 0.6) is 0 Å². The second-order valence-electron chi connectivity index (χ2n) is 15.1. The van der Waals surface area contributed by atoms with Crippen molar-refractivity contribution in [3.05, 3.63) is 253 Å². The maximum absolute atomic E-state index is 9.98. The first kappa shape index (κ1) is 27.0. The third kappa shape index (κ3) is 4.93. The summed E-state index contributed by atoms with van der Waals surface area (Å²) in [6.45, 7) is 0. The fraction of sp³-hybridized carbons (Fsp3) is 0.0175. The third-order valence-corrected chi connectivity index (χ3v) is 12.1. The molecule has 0 saturated heterocycles. The van der Waals surface area contributed by atoms with Crippen molar-refractivity contribution in [1.29, 1.82) is 0 Å². The molecule has 59 heavy (non-hydrogen) atoms. The minimum absolute atomic E-state index is 0.0622. The van der Waals surface area contributed by atoms with Crippen LogP contribution in [-0.4, -0.2) is 4.57 Å². The Kier molecular flexibility index (Phi) is 6.05. The quantitative estimate of drug-likeness (QED) is 0.164. The summed E-state index contributed by atoms with van der Waals surface area (Å²) in [6.07, 6.45) is 0. The fourth-order valence-electron chi connectivity index (χ4n) is 9.70. The number of nitrogens with zero attached hydrogens (tertiary/aromatic N) is 2. The zero-order valence-corrected chi connectivity index (χ0v) is 31.8. The normalized spacial score (nSPS) is 16.2. The molecule has 1 unspecified atom stereocenters. The highest BCUT2D eigenvalue weighted by atomic mass is 15.1. The summed E-state index contributed by atoms with van der Waals surface area (Å²) in [5.74, 6) is 0. The number of benzene rings is 10. The molecule has 1 atom stereocenters. The average Bonchev–Trinajstić information content (AvgIpc) is 3.85. The molecular formula is C57H38N2. The van der Waals surface area contributed by atoms with Crippen molar-refractivity contribution in [3.63, 3.8) is 0 Å². The molecule has 0 N–H and O–H groups in total. The molecule has 12 rings (SSSR count). The van der Waals surface area contributed by atoms with Crippen molar-refractivity contribution in [3.8, 4) is 16.8 Å². The lowest BCUT2D eigenvalue weighted by molar-refractivity contribution is 0.778. The van der Waals surface area contributed by atoms with E-state index in [1.165, 1.54) is 0 Å². The Labute approximate surface area is 353 Å². The van der Waals surface area contributed by atoms with Crippen LogP contribution >= 0.6 is 0 Å². The van der Waals surface area contributed by atoms with Crippen LogP contribution in [0.25, 0.3) is 60.2 Å². The SMILES string of the molecule is [2H]c1c([2H])c([2H])c2c(C3(c4ccc5c(c4)c4ccccc4n5-c4ccccc4)c4ccccc4-c4cc(N(c5ccccc5)c5cccc6ccccc56)ccc43)c([2H])c([2H])c([2H])c2c1[2H]. The number of para-hydroxylation sites is 3. The largest absolute Gasteiger partial charge is 0.310 e. The number of aromatic nitrogens is 1. The van der Waals surface area contributed by atoms with Crippen molar-refractivity contribution < 1.29 is 9.60 Å². The van der Waals surface area contributed by atoms with Gasteiger partial charge in [0, 0.05) is 33.2 Å². The average molecular weight is 758 g/mol. The number of hydrogen-bond donors (Lipinski definition) is 0. The predicted molar refractivity (Wildman–Crippen MR) is 248 cm³/mol. The minimum Gasteiger partial charge on any atom is -0.310 e. The number of fused-ring (bicyclic) bond motifs is 8. The number of hydrogen-bond acceptors (Lipinski definition) is 1. The van der Waals surface area contributed by atoms with Crippen LogP contribution in [-0.2, 0) is 5.41 Å². The van der Waals surface area contributed by atoms with Crippen LogP contribution in [0.2, 0.25) is 0 Å². The highest BCUT2D eigenvalue weighted by molar-refractivity contribution is 6.10. The molecule has 1 aliphatic rings. The summed E-state index contributed by atoms with van der Waals surface area (Å²) < 4.78 is 67.2. The summed E-state index contributed by atoms with van der Waals surface area (Å²) in [6, 6.07) is 61.4. The molecule has 0 amide bonds. The van der Waals surface area contributed by atoms with Crippen LogP contribution in [0.4, 0.5) is 17.1 Å². The molecule has 1 heterocycles.